The van der Waals surface area contributed by atoms with Gasteiger partial charge in [0.25, 0.3) is 0 Å². The van der Waals surface area contributed by atoms with E-state index in [2.05, 4.69) is 11.4 Å². The Morgan fingerprint density at radius 3 is 2.48 bits per heavy atom. The van der Waals surface area contributed by atoms with Crippen LogP contribution >= 0.6 is 11.3 Å². The molecule has 0 spiro atoms. The van der Waals surface area contributed by atoms with E-state index in [0.717, 1.165) is 5.56 Å². The molecule has 4 nitrogen and oxygen atoms in total. The summed E-state index contributed by atoms with van der Waals surface area (Å²) in [6.07, 6.45) is 0.254. The van der Waals surface area contributed by atoms with Crippen LogP contribution in [0, 0.1) is 6.92 Å². The first-order chi connectivity index (χ1) is 11.0. The van der Waals surface area contributed by atoms with Crippen molar-refractivity contribution < 1.29 is 9.59 Å². The zero-order valence-corrected chi connectivity index (χ0v) is 14.5. The van der Waals surface area contributed by atoms with Crippen LogP contribution in [0.2, 0.25) is 0 Å². The third kappa shape index (κ3) is 4.93. The van der Waals surface area contributed by atoms with Crippen LogP contribution in [0.15, 0.2) is 41.8 Å². The Labute approximate surface area is 141 Å². The van der Waals surface area contributed by atoms with Gasteiger partial charge in [0.15, 0.2) is 0 Å². The smallest absolute Gasteiger partial charge is 0.225 e. The summed E-state index contributed by atoms with van der Waals surface area (Å²) in [4.78, 5) is 26.9. The lowest BCUT2D eigenvalue weighted by Crippen LogP contribution is -2.33. The van der Waals surface area contributed by atoms with Gasteiger partial charge in [-0.25, -0.2) is 0 Å². The van der Waals surface area contributed by atoms with Gasteiger partial charge in [0.2, 0.25) is 11.8 Å². The maximum Gasteiger partial charge on any atom is 0.225 e. The fourth-order valence-electron chi connectivity index (χ4n) is 2.38. The van der Waals surface area contributed by atoms with Crippen LogP contribution in [0.25, 0.3) is 0 Å². The highest BCUT2D eigenvalue weighted by molar-refractivity contribution is 7.10. The molecule has 2 aromatic rings. The molecule has 1 aromatic heterocycles. The van der Waals surface area contributed by atoms with Crippen molar-refractivity contribution in [3.05, 3.63) is 57.8 Å². The number of benzene rings is 1. The average molecular weight is 330 g/mol. The van der Waals surface area contributed by atoms with Crippen molar-refractivity contribution >= 4 is 23.2 Å². The molecule has 2 amide bonds. The van der Waals surface area contributed by atoms with Crippen LogP contribution in [0.4, 0.5) is 0 Å². The van der Waals surface area contributed by atoms with E-state index in [9.17, 15) is 9.59 Å². The topological polar surface area (TPSA) is 49.4 Å². The van der Waals surface area contributed by atoms with Crippen molar-refractivity contribution in [3.8, 4) is 0 Å². The van der Waals surface area contributed by atoms with Gasteiger partial charge in [0.1, 0.15) is 0 Å². The molecule has 23 heavy (non-hydrogen) atoms. The summed E-state index contributed by atoms with van der Waals surface area (Å²) in [5.41, 5.74) is 2.15. The Balaban J connectivity index is 2.05. The zero-order chi connectivity index (χ0) is 16.8. The molecule has 2 rings (SSSR count). The van der Waals surface area contributed by atoms with Gasteiger partial charge in [-0.05, 0) is 29.5 Å². The Bertz CT molecular complexity index is 667. The maximum atomic E-state index is 12.5. The molecular weight excluding hydrogens is 308 g/mol. The van der Waals surface area contributed by atoms with Crippen molar-refractivity contribution in [2.75, 3.05) is 7.05 Å². The number of aryl methyl sites for hydroxylation is 1. The molecule has 122 valence electrons. The van der Waals surface area contributed by atoms with Crippen LogP contribution in [-0.4, -0.2) is 23.8 Å². The lowest BCUT2D eigenvalue weighted by atomic mass is 10.0. The number of carbonyl (C=O) groups is 2. The summed E-state index contributed by atoms with van der Waals surface area (Å²) in [7, 11) is 1.80. The van der Waals surface area contributed by atoms with E-state index in [0.29, 0.717) is 6.54 Å². The van der Waals surface area contributed by atoms with Crippen LogP contribution in [0.3, 0.4) is 0 Å². The molecule has 0 saturated heterocycles. The van der Waals surface area contributed by atoms with Gasteiger partial charge in [-0.1, -0.05) is 30.3 Å². The summed E-state index contributed by atoms with van der Waals surface area (Å²) in [6.45, 7) is 4.12. The zero-order valence-electron chi connectivity index (χ0n) is 13.7. The highest BCUT2D eigenvalue weighted by Crippen LogP contribution is 2.20. The Morgan fingerprint density at radius 2 is 1.91 bits per heavy atom. The Hall–Kier alpha value is -2.14. The number of carbonyl (C=O) groups excluding carboxylic acids is 2. The fourth-order valence-corrected chi connectivity index (χ4v) is 3.34. The minimum absolute atomic E-state index is 0.0143. The van der Waals surface area contributed by atoms with Gasteiger partial charge < -0.3 is 10.2 Å². The second kappa shape index (κ2) is 7.92. The molecule has 0 saturated carbocycles. The number of nitrogens with zero attached hydrogens (tertiary/aromatic N) is 1. The summed E-state index contributed by atoms with van der Waals surface area (Å²) in [5, 5.41) is 4.90. The minimum atomic E-state index is -0.298. The Kier molecular flexibility index (Phi) is 5.93. The predicted molar refractivity (Wildman–Crippen MR) is 93.1 cm³/mol. The van der Waals surface area contributed by atoms with Crippen LogP contribution in [-0.2, 0) is 16.1 Å². The highest BCUT2D eigenvalue weighted by atomic mass is 32.1. The molecule has 1 unspecified atom stereocenters. The summed E-state index contributed by atoms with van der Waals surface area (Å²) in [5.74, 6) is -0.121. The van der Waals surface area contributed by atoms with E-state index in [1.807, 2.05) is 42.6 Å². The van der Waals surface area contributed by atoms with Crippen molar-refractivity contribution in [2.24, 2.45) is 0 Å². The van der Waals surface area contributed by atoms with Crippen LogP contribution < -0.4 is 5.32 Å². The third-order valence-corrected chi connectivity index (χ3v) is 4.74. The molecule has 0 fully saturated rings. The number of thiophene rings is 1. The quantitative estimate of drug-likeness (QED) is 0.883. The second-order valence-electron chi connectivity index (χ2n) is 5.64. The molecule has 1 N–H and O–H groups in total. The van der Waals surface area contributed by atoms with Gasteiger partial charge in [0, 0.05) is 18.8 Å². The summed E-state index contributed by atoms with van der Waals surface area (Å²) < 4.78 is 0. The van der Waals surface area contributed by atoms with Crippen molar-refractivity contribution in [1.82, 2.24) is 10.2 Å². The largest absolute Gasteiger partial charge is 0.349 e. The van der Waals surface area contributed by atoms with E-state index >= 15 is 0 Å². The van der Waals surface area contributed by atoms with Gasteiger partial charge in [-0.15, -0.1) is 11.3 Å². The number of hydrogen-bond donors (Lipinski definition) is 1. The molecule has 0 bridgehead atoms. The normalized spacial score (nSPS) is 11.8. The SMILES string of the molecule is CC(=O)NC(CC(=O)N(C)Cc1sccc1C)c1ccccc1. The van der Waals surface area contributed by atoms with E-state index < -0.39 is 0 Å². The van der Waals surface area contributed by atoms with Crippen LogP contribution in [0.5, 0.6) is 0 Å². The minimum Gasteiger partial charge on any atom is -0.349 e. The molecule has 1 heterocycles. The first-order valence-corrected chi connectivity index (χ1v) is 8.44. The van der Waals surface area contributed by atoms with Crippen molar-refractivity contribution in [3.63, 3.8) is 0 Å². The van der Waals surface area contributed by atoms with E-state index in [-0.39, 0.29) is 24.3 Å². The van der Waals surface area contributed by atoms with Crippen molar-refractivity contribution in [1.29, 1.82) is 0 Å². The molecule has 1 atom stereocenters. The van der Waals surface area contributed by atoms with Gasteiger partial charge >= 0.3 is 0 Å². The van der Waals surface area contributed by atoms with Gasteiger partial charge in [-0.3, -0.25) is 9.59 Å². The average Bonchev–Trinajstić information content (AvgIpc) is 2.92. The first-order valence-electron chi connectivity index (χ1n) is 7.56. The number of nitrogens with one attached hydrogen (secondary N) is 1. The molecule has 0 aliphatic heterocycles. The highest BCUT2D eigenvalue weighted by Gasteiger charge is 2.20. The lowest BCUT2D eigenvalue weighted by Gasteiger charge is -2.22. The monoisotopic (exact) mass is 330 g/mol. The maximum absolute atomic E-state index is 12.5. The predicted octanol–water partition coefficient (Wildman–Crippen LogP) is 3.28. The molecule has 5 heteroatoms. The van der Waals surface area contributed by atoms with Gasteiger partial charge in [-0.2, -0.15) is 0 Å². The number of rotatable bonds is 6. The fraction of sp³-hybridized carbons (Fsp3) is 0.333. The Morgan fingerprint density at radius 1 is 1.22 bits per heavy atom. The van der Waals surface area contributed by atoms with E-state index in [1.165, 1.54) is 17.4 Å². The van der Waals surface area contributed by atoms with Crippen molar-refractivity contribution in [2.45, 2.75) is 32.9 Å². The molecule has 0 aliphatic rings. The van der Waals surface area contributed by atoms with Crippen LogP contribution in [0.1, 0.15) is 35.4 Å². The summed E-state index contributed by atoms with van der Waals surface area (Å²) >= 11 is 1.66. The summed E-state index contributed by atoms with van der Waals surface area (Å²) in [6, 6.07) is 11.4. The molecule has 0 radical (unpaired) electrons. The first kappa shape index (κ1) is 17.2. The number of amides is 2. The second-order valence-corrected chi connectivity index (χ2v) is 6.65. The molecular formula is C18H22N2O2S. The van der Waals surface area contributed by atoms with Gasteiger partial charge in [0.05, 0.1) is 19.0 Å². The standard InChI is InChI=1S/C18H22N2O2S/c1-13-9-10-23-17(13)12-20(3)18(22)11-16(19-14(2)21)15-7-5-4-6-8-15/h4-10,16H,11-12H2,1-3H3,(H,19,21). The number of hydrogen-bond acceptors (Lipinski definition) is 3. The van der Waals surface area contributed by atoms with E-state index in [1.54, 1.807) is 23.3 Å². The third-order valence-electron chi connectivity index (χ3n) is 3.73. The van der Waals surface area contributed by atoms with E-state index in [4.69, 9.17) is 0 Å². The molecule has 1 aromatic carbocycles. The molecule has 0 aliphatic carbocycles. The lowest BCUT2D eigenvalue weighted by molar-refractivity contribution is -0.131.